The smallest absolute Gasteiger partial charge is 0.350 e. The first kappa shape index (κ1) is 12.1. The molecule has 1 aliphatic rings. The molecule has 1 atom stereocenters. The van der Waals surface area contributed by atoms with Crippen LogP contribution in [-0.2, 0) is 9.53 Å². The first-order valence-corrected chi connectivity index (χ1v) is 6.21. The van der Waals surface area contributed by atoms with E-state index in [1.54, 1.807) is 23.4 Å². The van der Waals surface area contributed by atoms with Gasteiger partial charge in [0.1, 0.15) is 4.88 Å². The van der Waals surface area contributed by atoms with Crippen LogP contribution in [0.3, 0.4) is 0 Å². The van der Waals surface area contributed by atoms with Crippen molar-refractivity contribution < 1.29 is 14.3 Å². The molecule has 1 aromatic heterocycles. The fourth-order valence-corrected chi connectivity index (χ4v) is 2.76. The third-order valence-electron chi connectivity index (χ3n) is 2.86. The van der Waals surface area contributed by atoms with E-state index in [4.69, 9.17) is 4.74 Å². The molecule has 0 saturated carbocycles. The summed E-state index contributed by atoms with van der Waals surface area (Å²) in [6.07, 6.45) is 0.756. The van der Waals surface area contributed by atoms with Crippen LogP contribution >= 0.6 is 11.3 Å². The normalized spacial score (nSPS) is 19.8. The summed E-state index contributed by atoms with van der Waals surface area (Å²) in [6.45, 7) is 0.630. The van der Waals surface area contributed by atoms with E-state index in [9.17, 15) is 9.59 Å². The largest absolute Gasteiger partial charge is 0.465 e. The van der Waals surface area contributed by atoms with E-state index in [1.165, 1.54) is 18.4 Å². The average molecular weight is 254 g/mol. The van der Waals surface area contributed by atoms with Gasteiger partial charge in [0.25, 0.3) is 0 Å². The summed E-state index contributed by atoms with van der Waals surface area (Å²) in [5, 5.41) is 4.76. The predicted molar refractivity (Wildman–Crippen MR) is 65.5 cm³/mol. The Bertz CT molecular complexity index is 444. The molecule has 1 saturated heterocycles. The zero-order valence-corrected chi connectivity index (χ0v) is 10.5. The van der Waals surface area contributed by atoms with Crippen LogP contribution in [-0.4, -0.2) is 38.6 Å². The maximum absolute atomic E-state index is 12.0. The van der Waals surface area contributed by atoms with E-state index in [0.29, 0.717) is 17.1 Å². The maximum atomic E-state index is 12.0. The summed E-state index contributed by atoms with van der Waals surface area (Å²) in [5.41, 5.74) is 0.657. The molecule has 1 fully saturated rings. The Balaban J connectivity index is 2.27. The Morgan fingerprint density at radius 2 is 2.41 bits per heavy atom. The summed E-state index contributed by atoms with van der Waals surface area (Å²) in [5.74, 6) is -0.383. The second-order valence-corrected chi connectivity index (χ2v) is 4.66. The monoisotopic (exact) mass is 254 g/mol. The lowest BCUT2D eigenvalue weighted by molar-refractivity contribution is -0.118. The summed E-state index contributed by atoms with van der Waals surface area (Å²) < 4.78 is 4.70. The Morgan fingerprint density at radius 1 is 1.65 bits per heavy atom. The lowest BCUT2D eigenvalue weighted by Gasteiger charge is -2.16. The molecule has 1 aromatic rings. The molecular weight excluding hydrogens is 240 g/mol. The predicted octanol–water partition coefficient (Wildman–Crippen LogP) is 0.859. The number of carbonyl (C=O) groups excluding carboxylic acids is 2. The van der Waals surface area contributed by atoms with Crippen molar-refractivity contribution in [1.82, 2.24) is 5.32 Å². The van der Waals surface area contributed by atoms with E-state index in [-0.39, 0.29) is 11.9 Å². The van der Waals surface area contributed by atoms with Crippen LogP contribution in [0.5, 0.6) is 0 Å². The maximum Gasteiger partial charge on any atom is 0.350 e. The van der Waals surface area contributed by atoms with Gasteiger partial charge in [0, 0.05) is 6.54 Å². The van der Waals surface area contributed by atoms with E-state index in [0.717, 1.165) is 6.42 Å². The molecule has 2 heterocycles. The van der Waals surface area contributed by atoms with E-state index >= 15 is 0 Å². The molecule has 1 aliphatic heterocycles. The number of hydrogen-bond acceptors (Lipinski definition) is 5. The Kier molecular flexibility index (Phi) is 3.44. The highest BCUT2D eigenvalue weighted by Gasteiger charge is 2.33. The molecule has 1 unspecified atom stereocenters. The Hall–Kier alpha value is -1.40. The number of carbonyl (C=O) groups is 2. The fourth-order valence-electron chi connectivity index (χ4n) is 1.95. The third-order valence-corrected chi connectivity index (χ3v) is 3.74. The minimum atomic E-state index is -0.393. The zero-order chi connectivity index (χ0) is 12.4. The SMILES string of the molecule is CNC1CCN(c2ccsc2C(=O)OC)C1=O. The number of thiophene rings is 1. The van der Waals surface area contributed by atoms with Crippen molar-refractivity contribution in [2.24, 2.45) is 0 Å². The molecule has 0 bridgehead atoms. The highest BCUT2D eigenvalue weighted by molar-refractivity contribution is 7.12. The van der Waals surface area contributed by atoms with Gasteiger partial charge in [-0.3, -0.25) is 4.79 Å². The van der Waals surface area contributed by atoms with Crippen LogP contribution in [0.1, 0.15) is 16.1 Å². The Morgan fingerprint density at radius 3 is 3.00 bits per heavy atom. The van der Waals surface area contributed by atoms with Gasteiger partial charge in [0.2, 0.25) is 5.91 Å². The summed E-state index contributed by atoms with van der Waals surface area (Å²) >= 11 is 1.29. The average Bonchev–Trinajstić information content (AvgIpc) is 2.94. The minimum Gasteiger partial charge on any atom is -0.465 e. The lowest BCUT2D eigenvalue weighted by Crippen LogP contribution is -2.36. The quantitative estimate of drug-likeness (QED) is 0.813. The van der Waals surface area contributed by atoms with E-state index in [2.05, 4.69) is 5.32 Å². The molecule has 1 N–H and O–H groups in total. The van der Waals surface area contributed by atoms with Gasteiger partial charge >= 0.3 is 5.97 Å². The lowest BCUT2D eigenvalue weighted by atomic mass is 10.2. The van der Waals surface area contributed by atoms with Crippen molar-refractivity contribution >= 4 is 28.9 Å². The van der Waals surface area contributed by atoms with Gasteiger partial charge in [-0.1, -0.05) is 0 Å². The second kappa shape index (κ2) is 4.85. The van der Waals surface area contributed by atoms with Crippen LogP contribution in [0.25, 0.3) is 0 Å². The van der Waals surface area contributed by atoms with Gasteiger partial charge < -0.3 is 15.0 Å². The van der Waals surface area contributed by atoms with Crippen molar-refractivity contribution in [3.63, 3.8) is 0 Å². The number of methoxy groups -OCH3 is 1. The van der Waals surface area contributed by atoms with Gasteiger partial charge in [-0.15, -0.1) is 11.3 Å². The summed E-state index contributed by atoms with van der Waals surface area (Å²) in [7, 11) is 3.11. The highest BCUT2D eigenvalue weighted by Crippen LogP contribution is 2.30. The number of nitrogens with zero attached hydrogens (tertiary/aromatic N) is 1. The van der Waals surface area contributed by atoms with Gasteiger partial charge in [-0.05, 0) is 24.9 Å². The minimum absolute atomic E-state index is 0.0102. The third kappa shape index (κ3) is 2.05. The zero-order valence-electron chi connectivity index (χ0n) is 9.73. The number of esters is 1. The van der Waals surface area contributed by atoms with E-state index < -0.39 is 5.97 Å². The molecule has 1 amide bonds. The molecule has 92 valence electrons. The summed E-state index contributed by atoms with van der Waals surface area (Å²) in [4.78, 5) is 25.7. The van der Waals surface area contributed by atoms with Crippen LogP contribution in [0, 0.1) is 0 Å². The molecule has 0 aliphatic carbocycles. The fraction of sp³-hybridized carbons (Fsp3) is 0.455. The van der Waals surface area contributed by atoms with Crippen molar-refractivity contribution in [3.8, 4) is 0 Å². The van der Waals surface area contributed by atoms with Crippen molar-refractivity contribution in [1.29, 1.82) is 0 Å². The number of nitrogens with one attached hydrogen (secondary N) is 1. The number of anilines is 1. The second-order valence-electron chi connectivity index (χ2n) is 3.75. The number of rotatable bonds is 3. The van der Waals surface area contributed by atoms with Crippen LogP contribution < -0.4 is 10.2 Å². The number of amides is 1. The van der Waals surface area contributed by atoms with Gasteiger partial charge in [0.05, 0.1) is 18.8 Å². The van der Waals surface area contributed by atoms with Crippen LogP contribution in [0.4, 0.5) is 5.69 Å². The molecule has 17 heavy (non-hydrogen) atoms. The molecule has 5 nitrogen and oxygen atoms in total. The number of hydrogen-bond donors (Lipinski definition) is 1. The molecule has 0 spiro atoms. The van der Waals surface area contributed by atoms with Gasteiger partial charge in [-0.2, -0.15) is 0 Å². The topological polar surface area (TPSA) is 58.6 Å². The molecule has 0 aromatic carbocycles. The number of likely N-dealkylation sites (N-methyl/N-ethyl adjacent to an activating group) is 1. The summed E-state index contributed by atoms with van der Waals surface area (Å²) in [6, 6.07) is 1.63. The highest BCUT2D eigenvalue weighted by atomic mass is 32.1. The molecule has 2 rings (SSSR count). The molecular formula is C11H14N2O3S. The first-order valence-electron chi connectivity index (χ1n) is 5.33. The van der Waals surface area contributed by atoms with Crippen LogP contribution in [0.15, 0.2) is 11.4 Å². The van der Waals surface area contributed by atoms with Gasteiger partial charge in [0.15, 0.2) is 0 Å². The van der Waals surface area contributed by atoms with Gasteiger partial charge in [-0.25, -0.2) is 4.79 Å². The first-order chi connectivity index (χ1) is 8.19. The Labute approximate surface area is 103 Å². The van der Waals surface area contributed by atoms with Crippen molar-refractivity contribution in [3.05, 3.63) is 16.3 Å². The standard InChI is InChI=1S/C11H14N2O3S/c1-12-7-3-5-13(10(7)14)8-4-6-17-9(8)11(15)16-2/h4,6-7,12H,3,5H2,1-2H3. The number of ether oxygens (including phenoxy) is 1. The van der Waals surface area contributed by atoms with E-state index in [1.807, 2.05) is 0 Å². The van der Waals surface area contributed by atoms with Crippen molar-refractivity contribution in [2.75, 3.05) is 25.6 Å². The molecule has 6 heteroatoms. The van der Waals surface area contributed by atoms with Crippen molar-refractivity contribution in [2.45, 2.75) is 12.5 Å². The van der Waals surface area contributed by atoms with Crippen LogP contribution in [0.2, 0.25) is 0 Å². The molecule has 0 radical (unpaired) electrons.